The van der Waals surface area contributed by atoms with Crippen LogP contribution in [0, 0.1) is 6.92 Å². The Kier molecular flexibility index (Phi) is 3.12. The normalized spacial score (nSPS) is 12.6. The molecule has 2 aromatic heterocycles. The molecule has 3 aromatic rings. The van der Waals surface area contributed by atoms with Crippen LogP contribution in [0.1, 0.15) is 42.3 Å². The molecule has 4 rings (SSSR count). The van der Waals surface area contributed by atoms with E-state index in [1.165, 1.54) is 33.6 Å². The van der Waals surface area contributed by atoms with Crippen molar-refractivity contribution in [3.63, 3.8) is 0 Å². The highest BCUT2D eigenvalue weighted by Crippen LogP contribution is 2.36. The van der Waals surface area contributed by atoms with Crippen LogP contribution in [0.15, 0.2) is 42.9 Å². The van der Waals surface area contributed by atoms with Crippen molar-refractivity contribution in [2.45, 2.75) is 33.1 Å². The highest BCUT2D eigenvalue weighted by Gasteiger charge is 2.27. The Bertz CT molecular complexity index is 903. The lowest BCUT2D eigenvalue weighted by molar-refractivity contribution is -0.660. The number of aromatic nitrogens is 3. The number of rotatable bonds is 2. The Hall–Kier alpha value is -2.42. The van der Waals surface area contributed by atoms with Gasteiger partial charge >= 0.3 is 0 Å². The van der Waals surface area contributed by atoms with Crippen LogP contribution in [0.2, 0.25) is 0 Å². The molecule has 0 amide bonds. The first kappa shape index (κ1) is 14.2. The molecule has 0 spiro atoms. The SMILES string of the molecule is Cc1ccc2c(c1-c1cc(C(C)C)cc[n+]1C)Cc1nccn1-2. The highest BCUT2D eigenvalue weighted by atomic mass is 15.1. The molecule has 1 aliphatic rings. The van der Waals surface area contributed by atoms with Crippen LogP contribution in [0.4, 0.5) is 0 Å². The predicted octanol–water partition coefficient (Wildman–Crippen LogP) is 3.70. The van der Waals surface area contributed by atoms with Crippen molar-refractivity contribution >= 4 is 0 Å². The van der Waals surface area contributed by atoms with Gasteiger partial charge in [0.05, 0.1) is 11.3 Å². The molecule has 116 valence electrons. The van der Waals surface area contributed by atoms with Gasteiger partial charge in [-0.15, -0.1) is 0 Å². The summed E-state index contributed by atoms with van der Waals surface area (Å²) in [4.78, 5) is 4.50. The van der Waals surface area contributed by atoms with E-state index in [-0.39, 0.29) is 0 Å². The standard InChI is InChI=1S/C20H22N3/c1-13(2)15-7-9-22(4)18(11-15)20-14(3)5-6-17-16(20)12-19-21-8-10-23(17)19/h5-11,13H,12H2,1-4H3/q+1. The van der Waals surface area contributed by atoms with Gasteiger partial charge in [0.1, 0.15) is 12.9 Å². The molecule has 3 nitrogen and oxygen atoms in total. The molecule has 1 aromatic carbocycles. The number of fused-ring (bicyclic) bond motifs is 3. The summed E-state index contributed by atoms with van der Waals surface area (Å²) in [6.45, 7) is 6.70. The summed E-state index contributed by atoms with van der Waals surface area (Å²) < 4.78 is 4.44. The van der Waals surface area contributed by atoms with Gasteiger partial charge in [-0.2, -0.15) is 0 Å². The second-order valence-electron chi connectivity index (χ2n) is 6.76. The van der Waals surface area contributed by atoms with E-state index in [0.29, 0.717) is 5.92 Å². The monoisotopic (exact) mass is 304 g/mol. The number of benzene rings is 1. The van der Waals surface area contributed by atoms with Gasteiger partial charge in [0.2, 0.25) is 5.69 Å². The third kappa shape index (κ3) is 2.11. The van der Waals surface area contributed by atoms with Gasteiger partial charge in [-0.3, -0.25) is 0 Å². The maximum absolute atomic E-state index is 4.50. The van der Waals surface area contributed by atoms with Crippen LogP contribution < -0.4 is 4.57 Å². The fraction of sp³-hybridized carbons (Fsp3) is 0.300. The third-order valence-corrected chi connectivity index (χ3v) is 4.91. The number of nitrogens with zero attached hydrogens (tertiary/aromatic N) is 3. The minimum absolute atomic E-state index is 0.530. The lowest BCUT2D eigenvalue weighted by Crippen LogP contribution is -2.31. The molecule has 0 radical (unpaired) electrons. The van der Waals surface area contributed by atoms with Crippen LogP contribution in [0.5, 0.6) is 0 Å². The average molecular weight is 304 g/mol. The summed E-state index contributed by atoms with van der Waals surface area (Å²) >= 11 is 0. The van der Waals surface area contributed by atoms with Gasteiger partial charge < -0.3 is 4.57 Å². The first-order valence-corrected chi connectivity index (χ1v) is 8.21. The number of pyridine rings is 1. The fourth-order valence-corrected chi connectivity index (χ4v) is 3.55. The highest BCUT2D eigenvalue weighted by molar-refractivity contribution is 5.73. The summed E-state index contributed by atoms with van der Waals surface area (Å²) in [5, 5.41) is 0. The first-order valence-electron chi connectivity index (χ1n) is 8.21. The van der Waals surface area contributed by atoms with Gasteiger partial charge in [-0.05, 0) is 35.6 Å². The minimum atomic E-state index is 0.530. The van der Waals surface area contributed by atoms with Crippen LogP contribution >= 0.6 is 0 Å². The van der Waals surface area contributed by atoms with Crippen LogP contribution in [-0.4, -0.2) is 9.55 Å². The molecule has 0 unspecified atom stereocenters. The van der Waals surface area contributed by atoms with Crippen LogP contribution in [0.3, 0.4) is 0 Å². The molecule has 0 N–H and O–H groups in total. The van der Waals surface area contributed by atoms with Crippen LogP contribution in [-0.2, 0) is 13.5 Å². The first-order chi connectivity index (χ1) is 11.1. The summed E-state index contributed by atoms with van der Waals surface area (Å²) in [6.07, 6.45) is 7.03. The third-order valence-electron chi connectivity index (χ3n) is 4.91. The topological polar surface area (TPSA) is 21.7 Å². The zero-order chi connectivity index (χ0) is 16.1. The number of hydrogen-bond acceptors (Lipinski definition) is 1. The molecule has 3 heteroatoms. The van der Waals surface area contributed by atoms with E-state index in [9.17, 15) is 0 Å². The van der Waals surface area contributed by atoms with Crippen molar-refractivity contribution < 1.29 is 4.57 Å². The van der Waals surface area contributed by atoms with E-state index in [0.717, 1.165) is 12.2 Å². The van der Waals surface area contributed by atoms with E-state index in [1.54, 1.807) is 0 Å². The summed E-state index contributed by atoms with van der Waals surface area (Å²) in [5.74, 6) is 1.66. The Morgan fingerprint density at radius 1 is 1.22 bits per heavy atom. The van der Waals surface area contributed by atoms with Crippen LogP contribution in [0.25, 0.3) is 16.9 Å². The lowest BCUT2D eigenvalue weighted by Gasteiger charge is -2.13. The molecule has 1 aliphatic heterocycles. The van der Waals surface area contributed by atoms with Crippen molar-refractivity contribution in [2.24, 2.45) is 7.05 Å². The lowest BCUT2D eigenvalue weighted by atomic mass is 9.93. The van der Waals surface area contributed by atoms with Crippen molar-refractivity contribution in [2.75, 3.05) is 0 Å². The van der Waals surface area contributed by atoms with Gasteiger partial charge in [-0.1, -0.05) is 19.9 Å². The maximum Gasteiger partial charge on any atom is 0.213 e. The molecule has 23 heavy (non-hydrogen) atoms. The maximum atomic E-state index is 4.50. The van der Waals surface area contributed by atoms with Crippen molar-refractivity contribution in [3.05, 3.63) is 65.4 Å². The molecule has 0 saturated heterocycles. The van der Waals surface area contributed by atoms with E-state index >= 15 is 0 Å². The summed E-state index contributed by atoms with van der Waals surface area (Å²) in [5.41, 5.74) is 8.02. The smallest absolute Gasteiger partial charge is 0.213 e. The van der Waals surface area contributed by atoms with E-state index in [2.05, 4.69) is 78.6 Å². The second-order valence-corrected chi connectivity index (χ2v) is 6.76. The number of imidazole rings is 1. The minimum Gasteiger partial charge on any atom is -0.303 e. The van der Waals surface area contributed by atoms with E-state index < -0.39 is 0 Å². The number of aryl methyl sites for hydroxylation is 2. The Labute approximate surface area is 137 Å². The van der Waals surface area contributed by atoms with Gasteiger partial charge in [0.15, 0.2) is 6.20 Å². The Balaban J connectivity index is 1.97. The predicted molar refractivity (Wildman–Crippen MR) is 91.8 cm³/mol. The molecule has 3 heterocycles. The summed E-state index contributed by atoms with van der Waals surface area (Å²) in [6, 6.07) is 9.01. The van der Waals surface area contributed by atoms with E-state index in [1.807, 2.05) is 6.20 Å². The summed E-state index contributed by atoms with van der Waals surface area (Å²) in [7, 11) is 2.13. The quantitative estimate of drug-likeness (QED) is 0.518. The zero-order valence-electron chi connectivity index (χ0n) is 14.2. The van der Waals surface area contributed by atoms with Gasteiger partial charge in [0.25, 0.3) is 0 Å². The van der Waals surface area contributed by atoms with E-state index in [4.69, 9.17) is 0 Å². The fourth-order valence-electron chi connectivity index (χ4n) is 3.55. The number of hydrogen-bond donors (Lipinski definition) is 0. The molecular formula is C20H22N3+. The van der Waals surface area contributed by atoms with Crippen molar-refractivity contribution in [3.8, 4) is 16.9 Å². The zero-order valence-corrected chi connectivity index (χ0v) is 14.2. The molecule has 0 fully saturated rings. The van der Waals surface area contributed by atoms with Crippen molar-refractivity contribution in [1.29, 1.82) is 0 Å². The van der Waals surface area contributed by atoms with Crippen molar-refractivity contribution in [1.82, 2.24) is 9.55 Å². The largest absolute Gasteiger partial charge is 0.303 e. The van der Waals surface area contributed by atoms with Gasteiger partial charge in [0, 0.05) is 30.9 Å². The Morgan fingerprint density at radius 2 is 2.04 bits per heavy atom. The molecule has 0 bridgehead atoms. The average Bonchev–Trinajstić information content (AvgIpc) is 3.08. The Morgan fingerprint density at radius 3 is 2.83 bits per heavy atom. The molecule has 0 saturated carbocycles. The molecule has 0 atom stereocenters. The molecular weight excluding hydrogens is 282 g/mol. The molecule has 0 aliphatic carbocycles. The van der Waals surface area contributed by atoms with Gasteiger partial charge in [-0.25, -0.2) is 9.55 Å². The second kappa shape index (κ2) is 5.05.